The molecule has 2 amide bonds. The van der Waals surface area contributed by atoms with Gasteiger partial charge in [0.05, 0.1) is 16.8 Å². The van der Waals surface area contributed by atoms with Crippen LogP contribution in [0.25, 0.3) is 0 Å². The normalized spacial score (nSPS) is 10.6. The van der Waals surface area contributed by atoms with Gasteiger partial charge in [0.2, 0.25) is 5.91 Å². The van der Waals surface area contributed by atoms with E-state index in [0.29, 0.717) is 23.4 Å². The van der Waals surface area contributed by atoms with E-state index in [4.69, 9.17) is 5.11 Å². The van der Waals surface area contributed by atoms with Crippen LogP contribution in [0.15, 0.2) is 48.5 Å². The number of aromatic carboxylic acids is 1. The first-order chi connectivity index (χ1) is 16.5. The lowest BCUT2D eigenvalue weighted by Crippen LogP contribution is -2.18. The van der Waals surface area contributed by atoms with Crippen LogP contribution < -0.4 is 10.6 Å². The van der Waals surface area contributed by atoms with Crippen LogP contribution in [0.1, 0.15) is 105 Å². The summed E-state index contributed by atoms with van der Waals surface area (Å²) in [5.74, 6) is -1.58. The Morgan fingerprint density at radius 3 is 2.00 bits per heavy atom. The molecular formula is C28H38N2O4. The van der Waals surface area contributed by atoms with Crippen LogP contribution in [0, 0.1) is 0 Å². The van der Waals surface area contributed by atoms with Crippen LogP contribution in [0.3, 0.4) is 0 Å². The summed E-state index contributed by atoms with van der Waals surface area (Å²) in [7, 11) is 0. The topological polar surface area (TPSA) is 95.5 Å². The van der Waals surface area contributed by atoms with Gasteiger partial charge in [-0.05, 0) is 36.8 Å². The maximum Gasteiger partial charge on any atom is 0.335 e. The highest BCUT2D eigenvalue weighted by molar-refractivity contribution is 6.10. The van der Waals surface area contributed by atoms with E-state index in [1.54, 1.807) is 36.4 Å². The number of amides is 2. The van der Waals surface area contributed by atoms with Crippen LogP contribution in [0.4, 0.5) is 11.4 Å². The number of anilines is 2. The molecular weight excluding hydrogens is 428 g/mol. The second-order valence-corrected chi connectivity index (χ2v) is 8.72. The molecule has 0 atom stereocenters. The van der Waals surface area contributed by atoms with Gasteiger partial charge in [0.25, 0.3) is 5.91 Å². The number of hydrogen-bond donors (Lipinski definition) is 3. The minimum atomic E-state index is -1.06. The minimum Gasteiger partial charge on any atom is -0.478 e. The molecule has 0 aliphatic rings. The average molecular weight is 467 g/mol. The average Bonchev–Trinajstić information content (AvgIpc) is 2.83. The van der Waals surface area contributed by atoms with Crippen molar-refractivity contribution in [2.24, 2.45) is 0 Å². The SMILES string of the molecule is CCCCCCCCCCCCCC(=O)Nc1ccccc1C(=O)Nc1cccc(C(=O)O)c1. The molecule has 2 aromatic rings. The molecule has 0 fully saturated rings. The molecule has 184 valence electrons. The molecule has 0 heterocycles. The largest absolute Gasteiger partial charge is 0.478 e. The Morgan fingerprint density at radius 1 is 0.735 bits per heavy atom. The zero-order valence-corrected chi connectivity index (χ0v) is 20.3. The molecule has 0 aliphatic heterocycles. The molecule has 2 rings (SSSR count). The molecule has 0 bridgehead atoms. The molecule has 0 saturated heterocycles. The Labute approximate surface area is 203 Å². The van der Waals surface area contributed by atoms with Gasteiger partial charge in [-0.15, -0.1) is 0 Å². The molecule has 3 N–H and O–H groups in total. The summed E-state index contributed by atoms with van der Waals surface area (Å²) in [6, 6.07) is 12.9. The second kappa shape index (κ2) is 15.6. The maximum absolute atomic E-state index is 12.7. The third kappa shape index (κ3) is 10.2. The van der Waals surface area contributed by atoms with Crippen molar-refractivity contribution in [3.05, 3.63) is 59.7 Å². The van der Waals surface area contributed by atoms with Gasteiger partial charge in [0, 0.05) is 12.1 Å². The molecule has 2 aromatic carbocycles. The Bertz CT molecular complexity index is 926. The summed E-state index contributed by atoms with van der Waals surface area (Å²) in [5, 5.41) is 14.7. The van der Waals surface area contributed by atoms with Crippen LogP contribution in [0.5, 0.6) is 0 Å². The number of carboxylic acids is 1. The fourth-order valence-electron chi connectivity index (χ4n) is 3.88. The summed E-state index contributed by atoms with van der Waals surface area (Å²) < 4.78 is 0. The van der Waals surface area contributed by atoms with Crippen molar-refractivity contribution >= 4 is 29.2 Å². The number of nitrogens with one attached hydrogen (secondary N) is 2. The number of carbonyl (C=O) groups is 3. The Morgan fingerprint density at radius 2 is 1.35 bits per heavy atom. The number of unbranched alkanes of at least 4 members (excludes halogenated alkanes) is 10. The monoisotopic (exact) mass is 466 g/mol. The van der Waals surface area contributed by atoms with Crippen LogP contribution >= 0.6 is 0 Å². The Hall–Kier alpha value is -3.15. The van der Waals surface area contributed by atoms with Crippen LogP contribution in [-0.4, -0.2) is 22.9 Å². The summed E-state index contributed by atoms with van der Waals surface area (Å²) in [6.07, 6.45) is 13.9. The van der Waals surface area contributed by atoms with E-state index in [1.807, 2.05) is 0 Å². The second-order valence-electron chi connectivity index (χ2n) is 8.72. The summed E-state index contributed by atoms with van der Waals surface area (Å²) in [5.41, 5.74) is 1.25. The fourth-order valence-corrected chi connectivity index (χ4v) is 3.88. The summed E-state index contributed by atoms with van der Waals surface area (Å²) in [6.45, 7) is 2.24. The number of benzene rings is 2. The van der Waals surface area contributed by atoms with Crippen molar-refractivity contribution in [1.82, 2.24) is 0 Å². The van der Waals surface area contributed by atoms with E-state index in [9.17, 15) is 14.4 Å². The third-order valence-electron chi connectivity index (χ3n) is 5.82. The van der Waals surface area contributed by atoms with Gasteiger partial charge in [-0.3, -0.25) is 9.59 Å². The maximum atomic E-state index is 12.7. The Balaban J connectivity index is 1.73. The zero-order chi connectivity index (χ0) is 24.6. The van der Waals surface area contributed by atoms with Gasteiger partial charge >= 0.3 is 5.97 Å². The van der Waals surface area contributed by atoms with Crippen LogP contribution in [0.2, 0.25) is 0 Å². The van der Waals surface area contributed by atoms with E-state index in [1.165, 1.54) is 63.5 Å². The van der Waals surface area contributed by atoms with E-state index < -0.39 is 11.9 Å². The first-order valence-electron chi connectivity index (χ1n) is 12.5. The van der Waals surface area contributed by atoms with Crippen molar-refractivity contribution in [2.75, 3.05) is 10.6 Å². The fraction of sp³-hybridized carbons (Fsp3) is 0.464. The van der Waals surface area contributed by atoms with E-state index in [0.717, 1.165) is 19.3 Å². The molecule has 0 radical (unpaired) electrons. The zero-order valence-electron chi connectivity index (χ0n) is 20.3. The first kappa shape index (κ1) is 27.1. The molecule has 0 unspecified atom stereocenters. The van der Waals surface area contributed by atoms with Gasteiger partial charge < -0.3 is 15.7 Å². The molecule has 0 aliphatic carbocycles. The van der Waals surface area contributed by atoms with E-state index >= 15 is 0 Å². The van der Waals surface area contributed by atoms with Crippen molar-refractivity contribution in [3.8, 4) is 0 Å². The molecule has 0 spiro atoms. The number of para-hydroxylation sites is 1. The highest BCUT2D eigenvalue weighted by atomic mass is 16.4. The summed E-state index contributed by atoms with van der Waals surface area (Å²) >= 11 is 0. The molecule has 0 aromatic heterocycles. The van der Waals surface area contributed by atoms with Crippen molar-refractivity contribution < 1.29 is 19.5 Å². The smallest absolute Gasteiger partial charge is 0.335 e. The quantitative estimate of drug-likeness (QED) is 0.227. The molecule has 6 nitrogen and oxygen atoms in total. The van der Waals surface area contributed by atoms with Crippen molar-refractivity contribution in [1.29, 1.82) is 0 Å². The number of rotatable bonds is 16. The van der Waals surface area contributed by atoms with Gasteiger partial charge in [0.15, 0.2) is 0 Å². The highest BCUT2D eigenvalue weighted by Crippen LogP contribution is 2.19. The number of hydrogen-bond acceptors (Lipinski definition) is 3. The standard InChI is InChI=1S/C28H38N2O4/c1-2-3-4-5-6-7-8-9-10-11-12-20-26(31)30-25-19-14-13-18-24(25)27(32)29-23-17-15-16-22(21-23)28(33)34/h13-19,21H,2-12,20H2,1H3,(H,29,32)(H,30,31)(H,33,34). The van der Waals surface area contributed by atoms with Gasteiger partial charge in [0.1, 0.15) is 0 Å². The van der Waals surface area contributed by atoms with Crippen molar-refractivity contribution in [2.45, 2.75) is 84.0 Å². The van der Waals surface area contributed by atoms with E-state index in [2.05, 4.69) is 17.6 Å². The molecule has 6 heteroatoms. The minimum absolute atomic E-state index is 0.0892. The lowest BCUT2D eigenvalue weighted by molar-refractivity contribution is -0.116. The van der Waals surface area contributed by atoms with Gasteiger partial charge in [-0.25, -0.2) is 4.79 Å². The molecule has 34 heavy (non-hydrogen) atoms. The number of carbonyl (C=O) groups excluding carboxylic acids is 2. The van der Waals surface area contributed by atoms with Crippen LogP contribution in [-0.2, 0) is 4.79 Å². The van der Waals surface area contributed by atoms with Gasteiger partial charge in [-0.1, -0.05) is 89.3 Å². The predicted molar refractivity (Wildman–Crippen MR) is 138 cm³/mol. The van der Waals surface area contributed by atoms with Crippen molar-refractivity contribution in [3.63, 3.8) is 0 Å². The number of carboxylic acid groups (broad SMARTS) is 1. The lowest BCUT2D eigenvalue weighted by atomic mass is 10.1. The summed E-state index contributed by atoms with van der Waals surface area (Å²) in [4.78, 5) is 36.3. The predicted octanol–water partition coefficient (Wildman–Crippen LogP) is 7.28. The highest BCUT2D eigenvalue weighted by Gasteiger charge is 2.14. The lowest BCUT2D eigenvalue weighted by Gasteiger charge is -2.12. The third-order valence-corrected chi connectivity index (χ3v) is 5.82. The van der Waals surface area contributed by atoms with Gasteiger partial charge in [-0.2, -0.15) is 0 Å². The first-order valence-corrected chi connectivity index (χ1v) is 12.5. The Kier molecular flexibility index (Phi) is 12.5. The van der Waals surface area contributed by atoms with E-state index in [-0.39, 0.29) is 11.5 Å². The molecule has 0 saturated carbocycles.